The van der Waals surface area contributed by atoms with Crippen LogP contribution in [0.3, 0.4) is 0 Å². The van der Waals surface area contributed by atoms with Crippen molar-refractivity contribution in [3.8, 4) is 17.2 Å². The summed E-state index contributed by atoms with van der Waals surface area (Å²) >= 11 is 0. The quantitative estimate of drug-likeness (QED) is 0.752. The summed E-state index contributed by atoms with van der Waals surface area (Å²) in [6, 6.07) is 14.3. The summed E-state index contributed by atoms with van der Waals surface area (Å²) in [7, 11) is 1.56. The molecule has 0 fully saturated rings. The first kappa shape index (κ1) is 17.4. The SMILES string of the molecule is C=CCOc1cccc(NC(=O)[C@@H](C)Oc2ccccc2OC)c1. The van der Waals surface area contributed by atoms with Gasteiger partial charge in [-0.15, -0.1) is 0 Å². The van der Waals surface area contributed by atoms with Crippen LogP contribution < -0.4 is 19.5 Å². The lowest BCUT2D eigenvalue weighted by atomic mass is 10.2. The van der Waals surface area contributed by atoms with Crippen LogP contribution in [0.2, 0.25) is 0 Å². The number of carbonyl (C=O) groups is 1. The number of methoxy groups -OCH3 is 1. The molecule has 0 spiro atoms. The first-order valence-corrected chi connectivity index (χ1v) is 7.58. The Kier molecular flexibility index (Phi) is 6.25. The number of nitrogens with one attached hydrogen (secondary N) is 1. The summed E-state index contributed by atoms with van der Waals surface area (Å²) in [6.45, 7) is 5.69. The zero-order valence-electron chi connectivity index (χ0n) is 13.8. The van der Waals surface area contributed by atoms with E-state index >= 15 is 0 Å². The highest BCUT2D eigenvalue weighted by Gasteiger charge is 2.17. The van der Waals surface area contributed by atoms with E-state index in [1.807, 2.05) is 18.2 Å². The van der Waals surface area contributed by atoms with Crippen molar-refractivity contribution in [2.24, 2.45) is 0 Å². The molecule has 1 amide bonds. The largest absolute Gasteiger partial charge is 0.493 e. The van der Waals surface area contributed by atoms with Gasteiger partial charge in [-0.3, -0.25) is 4.79 Å². The van der Waals surface area contributed by atoms with Crippen molar-refractivity contribution < 1.29 is 19.0 Å². The van der Waals surface area contributed by atoms with E-state index in [1.165, 1.54) is 0 Å². The van der Waals surface area contributed by atoms with Gasteiger partial charge in [-0.25, -0.2) is 0 Å². The maximum atomic E-state index is 12.3. The molecule has 1 N–H and O–H groups in total. The van der Waals surface area contributed by atoms with Gasteiger partial charge in [-0.2, -0.15) is 0 Å². The van der Waals surface area contributed by atoms with Gasteiger partial charge in [-0.1, -0.05) is 30.9 Å². The number of hydrogen-bond acceptors (Lipinski definition) is 4. The van der Waals surface area contributed by atoms with Crippen LogP contribution in [0, 0.1) is 0 Å². The molecule has 5 heteroatoms. The predicted octanol–water partition coefficient (Wildman–Crippen LogP) is 3.67. The molecule has 0 aromatic heterocycles. The molecule has 2 rings (SSSR count). The van der Waals surface area contributed by atoms with Crippen molar-refractivity contribution in [1.29, 1.82) is 0 Å². The summed E-state index contributed by atoms with van der Waals surface area (Å²) in [5.74, 6) is 1.50. The van der Waals surface area contributed by atoms with Crippen molar-refractivity contribution in [1.82, 2.24) is 0 Å². The highest BCUT2D eigenvalue weighted by Crippen LogP contribution is 2.27. The minimum atomic E-state index is -0.681. The third-order valence-corrected chi connectivity index (χ3v) is 3.21. The minimum Gasteiger partial charge on any atom is -0.493 e. The fourth-order valence-electron chi connectivity index (χ4n) is 2.02. The maximum absolute atomic E-state index is 12.3. The number of anilines is 1. The summed E-state index contributed by atoms with van der Waals surface area (Å²) in [5, 5.41) is 2.81. The summed E-state index contributed by atoms with van der Waals surface area (Å²) in [5.41, 5.74) is 0.636. The topological polar surface area (TPSA) is 56.8 Å². The molecule has 0 aliphatic rings. The second kappa shape index (κ2) is 8.62. The lowest BCUT2D eigenvalue weighted by Crippen LogP contribution is -2.30. The number of rotatable bonds is 8. The van der Waals surface area contributed by atoms with Crippen LogP contribution in [0.1, 0.15) is 6.92 Å². The van der Waals surface area contributed by atoms with Crippen molar-refractivity contribution in [2.75, 3.05) is 19.0 Å². The van der Waals surface area contributed by atoms with E-state index in [0.717, 1.165) is 0 Å². The third kappa shape index (κ3) is 4.78. The lowest BCUT2D eigenvalue weighted by Gasteiger charge is -2.17. The zero-order chi connectivity index (χ0) is 17.4. The molecule has 0 aliphatic carbocycles. The molecule has 0 heterocycles. The van der Waals surface area contributed by atoms with Gasteiger partial charge in [0, 0.05) is 11.8 Å². The number of carbonyl (C=O) groups excluding carboxylic acids is 1. The summed E-state index contributed by atoms with van der Waals surface area (Å²) < 4.78 is 16.3. The predicted molar refractivity (Wildman–Crippen MR) is 93.8 cm³/mol. The van der Waals surface area contributed by atoms with E-state index in [1.54, 1.807) is 50.4 Å². The Hall–Kier alpha value is -2.95. The van der Waals surface area contributed by atoms with E-state index in [-0.39, 0.29) is 5.91 Å². The van der Waals surface area contributed by atoms with E-state index in [9.17, 15) is 4.79 Å². The van der Waals surface area contributed by atoms with Crippen LogP contribution in [-0.2, 0) is 4.79 Å². The van der Waals surface area contributed by atoms with Crippen molar-refractivity contribution in [2.45, 2.75) is 13.0 Å². The summed E-state index contributed by atoms with van der Waals surface area (Å²) in [6.07, 6.45) is 0.980. The van der Waals surface area contributed by atoms with Gasteiger partial charge in [-0.05, 0) is 31.2 Å². The second-order valence-corrected chi connectivity index (χ2v) is 5.03. The average molecular weight is 327 g/mol. The molecular weight excluding hydrogens is 306 g/mol. The Balaban J connectivity index is 2.00. The van der Waals surface area contributed by atoms with Crippen molar-refractivity contribution in [3.63, 3.8) is 0 Å². The fourth-order valence-corrected chi connectivity index (χ4v) is 2.02. The monoisotopic (exact) mass is 327 g/mol. The molecule has 0 unspecified atom stereocenters. The van der Waals surface area contributed by atoms with Crippen LogP contribution in [-0.4, -0.2) is 25.7 Å². The number of hydrogen-bond donors (Lipinski definition) is 1. The van der Waals surface area contributed by atoms with Crippen LogP contribution >= 0.6 is 0 Å². The van der Waals surface area contributed by atoms with Crippen LogP contribution in [0.4, 0.5) is 5.69 Å². The zero-order valence-corrected chi connectivity index (χ0v) is 13.8. The molecule has 1 atom stereocenters. The average Bonchev–Trinajstić information content (AvgIpc) is 2.60. The number of benzene rings is 2. The smallest absolute Gasteiger partial charge is 0.265 e. The molecule has 2 aromatic carbocycles. The van der Waals surface area contributed by atoms with Gasteiger partial charge in [0.25, 0.3) is 5.91 Å². The van der Waals surface area contributed by atoms with E-state index in [0.29, 0.717) is 29.5 Å². The first-order valence-electron chi connectivity index (χ1n) is 7.58. The van der Waals surface area contributed by atoms with Gasteiger partial charge >= 0.3 is 0 Å². The van der Waals surface area contributed by atoms with Crippen molar-refractivity contribution in [3.05, 3.63) is 61.2 Å². The minimum absolute atomic E-state index is 0.262. The van der Waals surface area contributed by atoms with Gasteiger partial charge in [0.05, 0.1) is 7.11 Å². The van der Waals surface area contributed by atoms with Gasteiger partial charge in [0.2, 0.25) is 0 Å². The number of amides is 1. The van der Waals surface area contributed by atoms with Crippen LogP contribution in [0.25, 0.3) is 0 Å². The lowest BCUT2D eigenvalue weighted by molar-refractivity contribution is -0.122. The number of para-hydroxylation sites is 2. The normalized spacial score (nSPS) is 11.2. The van der Waals surface area contributed by atoms with Crippen molar-refractivity contribution >= 4 is 11.6 Å². The fraction of sp³-hybridized carbons (Fsp3) is 0.211. The Morgan fingerprint density at radius 2 is 1.96 bits per heavy atom. The van der Waals surface area contributed by atoms with Gasteiger partial charge in [0.1, 0.15) is 12.4 Å². The second-order valence-electron chi connectivity index (χ2n) is 5.03. The van der Waals surface area contributed by atoms with E-state index in [2.05, 4.69) is 11.9 Å². The molecule has 0 saturated heterocycles. The first-order chi connectivity index (χ1) is 11.6. The van der Waals surface area contributed by atoms with Crippen LogP contribution in [0.15, 0.2) is 61.2 Å². The van der Waals surface area contributed by atoms with E-state index in [4.69, 9.17) is 14.2 Å². The van der Waals surface area contributed by atoms with Gasteiger partial charge < -0.3 is 19.5 Å². The summed E-state index contributed by atoms with van der Waals surface area (Å²) in [4.78, 5) is 12.3. The Morgan fingerprint density at radius 3 is 2.67 bits per heavy atom. The Morgan fingerprint density at radius 1 is 1.21 bits per heavy atom. The van der Waals surface area contributed by atoms with E-state index < -0.39 is 6.10 Å². The molecule has 24 heavy (non-hydrogen) atoms. The molecular formula is C19H21NO4. The number of ether oxygens (including phenoxy) is 3. The standard InChI is InChI=1S/C19H21NO4/c1-4-12-23-16-9-7-8-15(13-16)20-19(21)14(2)24-18-11-6-5-10-17(18)22-3/h4-11,13-14H,1,12H2,2-3H3,(H,20,21)/t14-/m1/s1. The maximum Gasteiger partial charge on any atom is 0.265 e. The Bertz CT molecular complexity index is 699. The highest BCUT2D eigenvalue weighted by molar-refractivity contribution is 5.94. The van der Waals surface area contributed by atoms with Gasteiger partial charge in [0.15, 0.2) is 17.6 Å². The highest BCUT2D eigenvalue weighted by atomic mass is 16.5. The molecule has 0 radical (unpaired) electrons. The van der Waals surface area contributed by atoms with Crippen LogP contribution in [0.5, 0.6) is 17.2 Å². The molecule has 2 aromatic rings. The molecule has 126 valence electrons. The molecule has 0 aliphatic heterocycles. The molecule has 0 saturated carbocycles. The molecule has 5 nitrogen and oxygen atoms in total. The molecule has 0 bridgehead atoms. The Labute approximate surface area is 141 Å². The third-order valence-electron chi connectivity index (χ3n) is 3.21.